The number of pyridine rings is 1. The van der Waals surface area contributed by atoms with Gasteiger partial charge in [0.25, 0.3) is 0 Å². The summed E-state index contributed by atoms with van der Waals surface area (Å²) in [5.74, 6) is 0.166. The minimum Gasteiger partial charge on any atom is -0.336 e. The molecule has 1 atom stereocenters. The van der Waals surface area contributed by atoms with Gasteiger partial charge in [-0.25, -0.2) is 0 Å². The first-order chi connectivity index (χ1) is 9.25. The summed E-state index contributed by atoms with van der Waals surface area (Å²) in [7, 11) is 0. The van der Waals surface area contributed by atoms with Gasteiger partial charge in [-0.2, -0.15) is 0 Å². The summed E-state index contributed by atoms with van der Waals surface area (Å²) in [6.45, 7) is 4.16. The molecule has 1 aromatic heterocycles. The Labute approximate surface area is 112 Å². The zero-order valence-electron chi connectivity index (χ0n) is 11.0. The average Bonchev–Trinajstić information content (AvgIpc) is 2.44. The predicted molar refractivity (Wildman–Crippen MR) is 74.6 cm³/mol. The van der Waals surface area contributed by atoms with E-state index in [0.717, 1.165) is 29.6 Å². The van der Waals surface area contributed by atoms with E-state index in [1.54, 1.807) is 6.20 Å². The van der Waals surface area contributed by atoms with Crippen molar-refractivity contribution >= 4 is 16.8 Å². The lowest BCUT2D eigenvalue weighted by atomic mass is 10.1. The molecule has 1 aromatic carbocycles. The van der Waals surface area contributed by atoms with Crippen LogP contribution in [0.2, 0.25) is 0 Å². The van der Waals surface area contributed by atoms with Gasteiger partial charge in [-0.3, -0.25) is 9.78 Å². The lowest BCUT2D eigenvalue weighted by Gasteiger charge is -2.31. The number of carbonyl (C=O) groups is 1. The first kappa shape index (κ1) is 12.1. The van der Waals surface area contributed by atoms with Crippen molar-refractivity contribution in [2.75, 3.05) is 13.1 Å². The van der Waals surface area contributed by atoms with E-state index in [9.17, 15) is 4.79 Å². The molecule has 1 fully saturated rings. The monoisotopic (exact) mass is 255 g/mol. The highest BCUT2D eigenvalue weighted by molar-refractivity contribution is 5.84. The Bertz CT molecular complexity index is 606. The van der Waals surface area contributed by atoms with Gasteiger partial charge in [0.05, 0.1) is 11.6 Å². The zero-order chi connectivity index (χ0) is 13.2. The summed E-state index contributed by atoms with van der Waals surface area (Å²) in [6.07, 6.45) is 1.80. The van der Waals surface area contributed by atoms with Crippen molar-refractivity contribution < 1.29 is 4.79 Å². The number of hydrogen-bond acceptors (Lipinski definition) is 3. The molecule has 0 saturated carbocycles. The second-order valence-corrected chi connectivity index (χ2v) is 4.93. The highest BCUT2D eigenvalue weighted by atomic mass is 16.2. The Kier molecular flexibility index (Phi) is 3.17. The lowest BCUT2D eigenvalue weighted by Crippen LogP contribution is -2.53. The molecule has 1 aliphatic rings. The third-order valence-electron chi connectivity index (χ3n) is 3.59. The van der Waals surface area contributed by atoms with Crippen LogP contribution in [0.3, 0.4) is 0 Å². The fourth-order valence-electron chi connectivity index (χ4n) is 2.54. The molecule has 4 nitrogen and oxygen atoms in total. The molecule has 4 heteroatoms. The molecule has 1 N–H and O–H groups in total. The second-order valence-electron chi connectivity index (χ2n) is 4.93. The summed E-state index contributed by atoms with van der Waals surface area (Å²) in [6, 6.07) is 10.0. The Morgan fingerprint density at radius 1 is 1.37 bits per heavy atom. The highest BCUT2D eigenvalue weighted by Crippen LogP contribution is 2.18. The number of piperazine rings is 1. The molecule has 19 heavy (non-hydrogen) atoms. The Balaban J connectivity index is 1.91. The number of hydrogen-bond donors (Lipinski definition) is 1. The van der Waals surface area contributed by atoms with Gasteiger partial charge in [-0.1, -0.05) is 24.3 Å². The topological polar surface area (TPSA) is 45.2 Å². The molecule has 1 unspecified atom stereocenters. The van der Waals surface area contributed by atoms with Crippen molar-refractivity contribution in [1.29, 1.82) is 0 Å². The fraction of sp³-hybridized carbons (Fsp3) is 0.333. The number of amides is 1. The van der Waals surface area contributed by atoms with Gasteiger partial charge in [-0.05, 0) is 18.6 Å². The molecular weight excluding hydrogens is 238 g/mol. The maximum atomic E-state index is 12.1. The zero-order valence-corrected chi connectivity index (χ0v) is 11.0. The molecular formula is C15H17N3O. The van der Waals surface area contributed by atoms with Gasteiger partial charge >= 0.3 is 0 Å². The molecule has 0 spiro atoms. The van der Waals surface area contributed by atoms with Crippen molar-refractivity contribution in [2.24, 2.45) is 0 Å². The van der Waals surface area contributed by atoms with Crippen LogP contribution in [0.25, 0.3) is 10.9 Å². The number of nitrogens with zero attached hydrogens (tertiary/aromatic N) is 2. The molecule has 1 saturated heterocycles. The van der Waals surface area contributed by atoms with Crippen molar-refractivity contribution in [1.82, 2.24) is 15.2 Å². The summed E-state index contributed by atoms with van der Waals surface area (Å²) < 4.78 is 0. The lowest BCUT2D eigenvalue weighted by molar-refractivity contribution is -0.135. The summed E-state index contributed by atoms with van der Waals surface area (Å²) in [5, 5.41) is 4.30. The number of rotatable bonds is 2. The molecule has 0 radical (unpaired) electrons. The third-order valence-corrected chi connectivity index (χ3v) is 3.59. The normalized spacial score (nSPS) is 19.9. The number of para-hydroxylation sites is 1. The largest absolute Gasteiger partial charge is 0.336 e. The van der Waals surface area contributed by atoms with E-state index in [1.807, 2.05) is 36.1 Å². The SMILES string of the molecule is CC1NCCN(Cc2cccc3cccnc23)C1=O. The van der Waals surface area contributed by atoms with Crippen molar-refractivity contribution in [3.05, 3.63) is 42.1 Å². The Hall–Kier alpha value is -1.94. The molecule has 2 heterocycles. The van der Waals surface area contributed by atoms with Crippen LogP contribution < -0.4 is 5.32 Å². The smallest absolute Gasteiger partial charge is 0.239 e. The summed E-state index contributed by atoms with van der Waals surface area (Å²) in [4.78, 5) is 18.5. The fourth-order valence-corrected chi connectivity index (χ4v) is 2.54. The van der Waals surface area contributed by atoms with Gasteiger partial charge in [0.2, 0.25) is 5.91 Å². The van der Waals surface area contributed by atoms with Crippen LogP contribution in [0.5, 0.6) is 0 Å². The Morgan fingerprint density at radius 3 is 3.11 bits per heavy atom. The third kappa shape index (κ3) is 2.31. The summed E-state index contributed by atoms with van der Waals surface area (Å²) in [5.41, 5.74) is 2.10. The number of aromatic nitrogens is 1. The Morgan fingerprint density at radius 2 is 2.21 bits per heavy atom. The quantitative estimate of drug-likeness (QED) is 0.885. The van der Waals surface area contributed by atoms with Gasteiger partial charge in [0.1, 0.15) is 0 Å². The van der Waals surface area contributed by atoms with Crippen LogP contribution in [0.1, 0.15) is 12.5 Å². The molecule has 0 aliphatic carbocycles. The van der Waals surface area contributed by atoms with E-state index in [-0.39, 0.29) is 11.9 Å². The molecule has 3 rings (SSSR count). The minimum absolute atomic E-state index is 0.0864. The number of carbonyl (C=O) groups excluding carboxylic acids is 1. The van der Waals surface area contributed by atoms with Crippen LogP contribution in [-0.2, 0) is 11.3 Å². The first-order valence-corrected chi connectivity index (χ1v) is 6.60. The van der Waals surface area contributed by atoms with Crippen LogP contribution in [0.15, 0.2) is 36.5 Å². The maximum absolute atomic E-state index is 12.1. The van der Waals surface area contributed by atoms with Crippen LogP contribution in [-0.4, -0.2) is 34.9 Å². The number of benzene rings is 1. The molecule has 1 amide bonds. The maximum Gasteiger partial charge on any atom is 0.239 e. The molecule has 0 bridgehead atoms. The predicted octanol–water partition coefficient (Wildman–Crippen LogP) is 1.56. The summed E-state index contributed by atoms with van der Waals surface area (Å²) >= 11 is 0. The van der Waals surface area contributed by atoms with E-state index in [0.29, 0.717) is 6.54 Å². The van der Waals surface area contributed by atoms with Crippen molar-refractivity contribution in [3.8, 4) is 0 Å². The average molecular weight is 255 g/mol. The number of fused-ring (bicyclic) bond motifs is 1. The van der Waals surface area contributed by atoms with E-state index in [4.69, 9.17) is 0 Å². The van der Waals surface area contributed by atoms with Gasteiger partial charge < -0.3 is 10.2 Å². The molecule has 2 aromatic rings. The van der Waals surface area contributed by atoms with E-state index in [1.165, 1.54) is 0 Å². The van der Waals surface area contributed by atoms with E-state index < -0.39 is 0 Å². The second kappa shape index (κ2) is 4.97. The molecule has 1 aliphatic heterocycles. The van der Waals surface area contributed by atoms with Gasteiger partial charge in [0, 0.05) is 31.2 Å². The van der Waals surface area contributed by atoms with Gasteiger partial charge in [0.15, 0.2) is 0 Å². The van der Waals surface area contributed by atoms with Crippen molar-refractivity contribution in [2.45, 2.75) is 19.5 Å². The first-order valence-electron chi connectivity index (χ1n) is 6.60. The number of nitrogens with one attached hydrogen (secondary N) is 1. The van der Waals surface area contributed by atoms with Gasteiger partial charge in [-0.15, -0.1) is 0 Å². The highest BCUT2D eigenvalue weighted by Gasteiger charge is 2.24. The van der Waals surface area contributed by atoms with Crippen molar-refractivity contribution in [3.63, 3.8) is 0 Å². The van der Waals surface area contributed by atoms with Crippen LogP contribution >= 0.6 is 0 Å². The minimum atomic E-state index is -0.0864. The standard InChI is InChI=1S/C15H17N3O/c1-11-15(19)18(9-8-16-11)10-13-5-2-4-12-6-3-7-17-14(12)13/h2-7,11,16H,8-10H2,1H3. The molecule has 98 valence electrons. The van der Waals surface area contributed by atoms with Crippen LogP contribution in [0, 0.1) is 0 Å². The van der Waals surface area contributed by atoms with Crippen LogP contribution in [0.4, 0.5) is 0 Å². The van der Waals surface area contributed by atoms with E-state index in [2.05, 4.69) is 16.4 Å². The van der Waals surface area contributed by atoms with E-state index >= 15 is 0 Å².